The van der Waals surface area contributed by atoms with Crippen LogP contribution >= 0.6 is 0 Å². The van der Waals surface area contributed by atoms with Gasteiger partial charge in [0, 0.05) is 25.9 Å². The Labute approximate surface area is 90.6 Å². The molecule has 0 saturated carbocycles. The minimum atomic E-state index is -0.322. The van der Waals surface area contributed by atoms with E-state index in [0.717, 1.165) is 12.0 Å². The predicted molar refractivity (Wildman–Crippen MR) is 59.0 cm³/mol. The number of aryl methyl sites for hydroxylation is 1. The summed E-state index contributed by atoms with van der Waals surface area (Å²) in [5.41, 5.74) is 3.51. The van der Waals surface area contributed by atoms with Crippen LogP contribution in [-0.2, 0) is 11.8 Å². The van der Waals surface area contributed by atoms with E-state index in [2.05, 4.69) is 17.4 Å². The van der Waals surface area contributed by atoms with Crippen molar-refractivity contribution in [2.24, 2.45) is 12.9 Å². The molecule has 1 rings (SSSR count). The standard InChI is InChI=1S/C10H20N4O/c1-5-10(2,15-4)9(13-11)8-6-12-14(3)7-8/h6-7,9,13H,5,11H2,1-4H3. The number of rotatable bonds is 5. The van der Waals surface area contributed by atoms with Gasteiger partial charge in [-0.3, -0.25) is 10.5 Å². The summed E-state index contributed by atoms with van der Waals surface area (Å²) in [6.45, 7) is 4.11. The third-order valence-electron chi connectivity index (χ3n) is 3.00. The SMILES string of the molecule is CCC(C)(OC)C(NN)c1cnn(C)c1. The van der Waals surface area contributed by atoms with Gasteiger partial charge in [-0.2, -0.15) is 5.10 Å². The lowest BCUT2D eigenvalue weighted by atomic mass is 9.90. The van der Waals surface area contributed by atoms with Gasteiger partial charge in [0.2, 0.25) is 0 Å². The first kappa shape index (κ1) is 12.2. The van der Waals surface area contributed by atoms with Gasteiger partial charge < -0.3 is 4.74 Å². The Morgan fingerprint density at radius 1 is 1.73 bits per heavy atom. The molecule has 1 aromatic rings. The Hall–Kier alpha value is -0.910. The van der Waals surface area contributed by atoms with Crippen LogP contribution in [0, 0.1) is 0 Å². The van der Waals surface area contributed by atoms with Crippen molar-refractivity contribution in [3.8, 4) is 0 Å². The van der Waals surface area contributed by atoms with E-state index < -0.39 is 0 Å². The molecule has 2 unspecified atom stereocenters. The molecule has 5 heteroatoms. The highest BCUT2D eigenvalue weighted by atomic mass is 16.5. The van der Waals surface area contributed by atoms with Crippen molar-refractivity contribution in [2.75, 3.05) is 7.11 Å². The molecule has 2 atom stereocenters. The number of hydrogen-bond acceptors (Lipinski definition) is 4. The average Bonchev–Trinajstić information content (AvgIpc) is 2.65. The van der Waals surface area contributed by atoms with Crippen LogP contribution in [0.3, 0.4) is 0 Å². The van der Waals surface area contributed by atoms with E-state index >= 15 is 0 Å². The molecule has 0 aliphatic carbocycles. The zero-order valence-electron chi connectivity index (χ0n) is 9.82. The molecule has 0 radical (unpaired) electrons. The quantitative estimate of drug-likeness (QED) is 0.558. The normalized spacial score (nSPS) is 17.4. The van der Waals surface area contributed by atoms with Crippen LogP contribution in [0.25, 0.3) is 0 Å². The number of hydrazine groups is 1. The topological polar surface area (TPSA) is 65.1 Å². The fourth-order valence-corrected chi connectivity index (χ4v) is 1.68. The first-order chi connectivity index (χ1) is 7.07. The molecule has 0 aliphatic rings. The molecule has 5 nitrogen and oxygen atoms in total. The zero-order chi connectivity index (χ0) is 11.5. The van der Waals surface area contributed by atoms with Crippen LogP contribution in [0.15, 0.2) is 12.4 Å². The lowest BCUT2D eigenvalue weighted by Gasteiger charge is -2.34. The second kappa shape index (κ2) is 4.74. The molecule has 0 bridgehead atoms. The Morgan fingerprint density at radius 3 is 2.73 bits per heavy atom. The highest BCUT2D eigenvalue weighted by Gasteiger charge is 2.33. The largest absolute Gasteiger partial charge is 0.376 e. The lowest BCUT2D eigenvalue weighted by molar-refractivity contribution is -0.0300. The smallest absolute Gasteiger partial charge is 0.0856 e. The van der Waals surface area contributed by atoms with Crippen LogP contribution in [0.5, 0.6) is 0 Å². The van der Waals surface area contributed by atoms with Gasteiger partial charge in [0.25, 0.3) is 0 Å². The number of nitrogens with one attached hydrogen (secondary N) is 1. The van der Waals surface area contributed by atoms with E-state index in [4.69, 9.17) is 10.6 Å². The first-order valence-corrected chi connectivity index (χ1v) is 5.07. The van der Waals surface area contributed by atoms with Crippen LogP contribution in [-0.4, -0.2) is 22.5 Å². The summed E-state index contributed by atoms with van der Waals surface area (Å²) in [5.74, 6) is 5.58. The fraction of sp³-hybridized carbons (Fsp3) is 0.700. The fourth-order valence-electron chi connectivity index (χ4n) is 1.68. The molecule has 0 spiro atoms. The van der Waals surface area contributed by atoms with Crippen LogP contribution in [0.4, 0.5) is 0 Å². The van der Waals surface area contributed by atoms with Crippen molar-refractivity contribution in [2.45, 2.75) is 31.9 Å². The van der Waals surface area contributed by atoms with Gasteiger partial charge in [-0.15, -0.1) is 0 Å². The Balaban J connectivity index is 2.97. The second-order valence-corrected chi connectivity index (χ2v) is 3.92. The molecule has 0 fully saturated rings. The molecule has 15 heavy (non-hydrogen) atoms. The van der Waals surface area contributed by atoms with Crippen LogP contribution in [0.2, 0.25) is 0 Å². The third-order valence-corrected chi connectivity index (χ3v) is 3.00. The minimum Gasteiger partial charge on any atom is -0.376 e. The van der Waals surface area contributed by atoms with Gasteiger partial charge in [-0.1, -0.05) is 6.92 Å². The van der Waals surface area contributed by atoms with Gasteiger partial charge in [-0.25, -0.2) is 5.43 Å². The van der Waals surface area contributed by atoms with Crippen molar-refractivity contribution < 1.29 is 4.74 Å². The highest BCUT2D eigenvalue weighted by molar-refractivity contribution is 5.15. The number of hydrogen-bond donors (Lipinski definition) is 2. The number of ether oxygens (including phenoxy) is 1. The van der Waals surface area contributed by atoms with Crippen molar-refractivity contribution in [3.05, 3.63) is 18.0 Å². The van der Waals surface area contributed by atoms with Crippen molar-refractivity contribution in [3.63, 3.8) is 0 Å². The predicted octanol–water partition coefficient (Wildman–Crippen LogP) is 0.740. The van der Waals surface area contributed by atoms with Crippen molar-refractivity contribution in [1.82, 2.24) is 15.2 Å². The molecule has 1 heterocycles. The number of methoxy groups -OCH3 is 1. The summed E-state index contributed by atoms with van der Waals surface area (Å²) in [6.07, 6.45) is 4.61. The van der Waals surface area contributed by atoms with Crippen molar-refractivity contribution in [1.29, 1.82) is 0 Å². The summed E-state index contributed by atoms with van der Waals surface area (Å²) in [4.78, 5) is 0. The van der Waals surface area contributed by atoms with E-state index in [0.29, 0.717) is 0 Å². The first-order valence-electron chi connectivity index (χ1n) is 5.07. The molecule has 86 valence electrons. The van der Waals surface area contributed by atoms with Gasteiger partial charge in [0.05, 0.1) is 17.8 Å². The molecule has 0 amide bonds. The number of nitrogens with zero attached hydrogens (tertiary/aromatic N) is 2. The number of aromatic nitrogens is 2. The average molecular weight is 212 g/mol. The molecular formula is C10H20N4O. The summed E-state index contributed by atoms with van der Waals surface area (Å²) < 4.78 is 7.28. The maximum atomic E-state index is 5.58. The molecule has 1 aromatic heterocycles. The summed E-state index contributed by atoms with van der Waals surface area (Å²) in [7, 11) is 3.58. The van der Waals surface area contributed by atoms with E-state index in [1.807, 2.05) is 20.2 Å². The molecule has 0 saturated heterocycles. The van der Waals surface area contributed by atoms with Gasteiger partial charge >= 0.3 is 0 Å². The van der Waals surface area contributed by atoms with Crippen molar-refractivity contribution >= 4 is 0 Å². The molecule has 0 aliphatic heterocycles. The second-order valence-electron chi connectivity index (χ2n) is 3.92. The summed E-state index contributed by atoms with van der Waals surface area (Å²) >= 11 is 0. The Kier molecular flexibility index (Phi) is 3.84. The number of nitrogens with two attached hydrogens (primary N) is 1. The van der Waals surface area contributed by atoms with Gasteiger partial charge in [-0.05, 0) is 13.3 Å². The summed E-state index contributed by atoms with van der Waals surface area (Å²) in [6, 6.07) is -0.0544. The Bertz CT molecular complexity index is 306. The van der Waals surface area contributed by atoms with E-state index in [9.17, 15) is 0 Å². The summed E-state index contributed by atoms with van der Waals surface area (Å²) in [5, 5.41) is 4.13. The monoisotopic (exact) mass is 212 g/mol. The Morgan fingerprint density at radius 2 is 2.40 bits per heavy atom. The molecular weight excluding hydrogens is 192 g/mol. The van der Waals surface area contributed by atoms with Gasteiger partial charge in [0.15, 0.2) is 0 Å². The van der Waals surface area contributed by atoms with Crippen LogP contribution in [0.1, 0.15) is 31.9 Å². The lowest BCUT2D eigenvalue weighted by Crippen LogP contribution is -2.45. The molecule has 0 aromatic carbocycles. The third kappa shape index (κ3) is 2.37. The van der Waals surface area contributed by atoms with E-state index in [1.165, 1.54) is 0 Å². The zero-order valence-corrected chi connectivity index (χ0v) is 9.82. The molecule has 3 N–H and O–H groups in total. The van der Waals surface area contributed by atoms with E-state index in [-0.39, 0.29) is 11.6 Å². The van der Waals surface area contributed by atoms with Gasteiger partial charge in [0.1, 0.15) is 0 Å². The van der Waals surface area contributed by atoms with Crippen LogP contribution < -0.4 is 11.3 Å². The minimum absolute atomic E-state index is 0.0544. The maximum Gasteiger partial charge on any atom is 0.0856 e. The van der Waals surface area contributed by atoms with E-state index in [1.54, 1.807) is 18.0 Å². The highest BCUT2D eigenvalue weighted by Crippen LogP contribution is 2.30. The maximum absolute atomic E-state index is 5.58.